The number of amidine groups is 2. The lowest BCUT2D eigenvalue weighted by Crippen LogP contribution is -2.36. The van der Waals surface area contributed by atoms with Crippen molar-refractivity contribution in [2.45, 2.75) is 11.6 Å². The fraction of sp³-hybridized carbons (Fsp3) is 0.0278. The molecule has 15 rings (SSSR count). The Morgan fingerprint density at radius 1 is 0.329 bits per heavy atom. The third-order valence-corrected chi connectivity index (χ3v) is 15.8. The Labute approximate surface area is 442 Å². The van der Waals surface area contributed by atoms with Crippen molar-refractivity contribution in [1.82, 2.24) is 5.32 Å². The van der Waals surface area contributed by atoms with Crippen molar-refractivity contribution >= 4 is 50.3 Å². The maximum Gasteiger partial charge on any atom is 0.159 e. The van der Waals surface area contributed by atoms with Crippen molar-refractivity contribution in [1.29, 1.82) is 0 Å². The minimum Gasteiger partial charge on any atom is -0.344 e. The molecule has 0 aromatic heterocycles. The zero-order chi connectivity index (χ0) is 50.2. The molecule has 0 bridgehead atoms. The molecule has 0 saturated heterocycles. The summed E-state index contributed by atoms with van der Waals surface area (Å²) < 4.78 is 0. The number of nitrogens with one attached hydrogen (secondary N) is 1. The van der Waals surface area contributed by atoms with Gasteiger partial charge in [0.25, 0.3) is 0 Å². The van der Waals surface area contributed by atoms with Gasteiger partial charge < -0.3 is 10.2 Å². The van der Waals surface area contributed by atoms with E-state index in [1.807, 2.05) is 36.4 Å². The topological polar surface area (TPSA) is 40.0 Å². The molecule has 76 heavy (non-hydrogen) atoms. The number of benzene rings is 12. The van der Waals surface area contributed by atoms with Crippen LogP contribution in [0.25, 0.3) is 66.1 Å². The van der Waals surface area contributed by atoms with Crippen molar-refractivity contribution < 1.29 is 0 Å². The number of fused-ring (bicyclic) bond motifs is 11. The van der Waals surface area contributed by atoms with Gasteiger partial charge in [-0.2, -0.15) is 0 Å². The van der Waals surface area contributed by atoms with Gasteiger partial charge in [-0.1, -0.05) is 218 Å². The number of para-hydroxylation sites is 1. The average Bonchev–Trinajstić information content (AvgIpc) is 3.91. The van der Waals surface area contributed by atoms with E-state index in [4.69, 9.17) is 9.98 Å². The van der Waals surface area contributed by atoms with E-state index in [1.54, 1.807) is 0 Å². The molecule has 2 heterocycles. The normalized spacial score (nSPS) is 14.8. The van der Waals surface area contributed by atoms with Crippen molar-refractivity contribution in [2.24, 2.45) is 9.98 Å². The number of hydrogen-bond donors (Lipinski definition) is 1. The zero-order valence-corrected chi connectivity index (χ0v) is 41.5. The number of hydrogen-bond acceptors (Lipinski definition) is 4. The first-order valence-corrected chi connectivity index (χ1v) is 26.2. The predicted molar refractivity (Wildman–Crippen MR) is 315 cm³/mol. The van der Waals surface area contributed by atoms with Crippen LogP contribution in [0.3, 0.4) is 0 Å². The third kappa shape index (κ3) is 7.06. The lowest BCUT2D eigenvalue weighted by molar-refractivity contribution is 0.674. The van der Waals surface area contributed by atoms with E-state index in [0.717, 1.165) is 50.5 Å². The second-order valence-electron chi connectivity index (χ2n) is 20.1. The van der Waals surface area contributed by atoms with Crippen LogP contribution in [0.2, 0.25) is 0 Å². The van der Waals surface area contributed by atoms with Gasteiger partial charge in [-0.3, -0.25) is 0 Å². The van der Waals surface area contributed by atoms with Crippen molar-refractivity contribution in [3.05, 3.63) is 318 Å². The Kier molecular flexibility index (Phi) is 10.1. The summed E-state index contributed by atoms with van der Waals surface area (Å²) in [7, 11) is 0. The van der Waals surface area contributed by atoms with Crippen molar-refractivity contribution in [2.75, 3.05) is 4.90 Å². The standard InChI is InChI=1S/C72H48N4/c1-4-19-47(20-5-1)69-73-70(48-21-6-2-7-22-48)75-71(74-69)59-32-18-31-53(41-59)51-29-16-27-49(39-51)50-28-17-30-52(40-50)58-37-38-62-61-35-14-15-36-63(61)72(64(62)42-58)65-43-54-23-10-12-25-56(54)45-67(65)76(60-33-8-3-9-34-60)68-46-57-26-13-11-24-55(57)44-66(68)72/h1-46,71H,(H,73,74,75). The third-order valence-electron chi connectivity index (χ3n) is 15.8. The molecule has 3 aliphatic rings. The average molecular weight is 969 g/mol. The maximum absolute atomic E-state index is 5.18. The van der Waals surface area contributed by atoms with Crippen LogP contribution in [0.5, 0.6) is 0 Å². The minimum atomic E-state index is -0.621. The summed E-state index contributed by atoms with van der Waals surface area (Å²) in [5.74, 6) is 1.52. The summed E-state index contributed by atoms with van der Waals surface area (Å²) in [6.45, 7) is 0. The van der Waals surface area contributed by atoms with Crippen LogP contribution in [0.1, 0.15) is 45.1 Å². The molecule has 4 heteroatoms. The molecule has 12 aromatic carbocycles. The summed E-state index contributed by atoms with van der Waals surface area (Å²) in [5.41, 5.74) is 20.6. The molecule has 0 amide bonds. The van der Waals surface area contributed by atoms with Crippen LogP contribution in [0, 0.1) is 0 Å². The second kappa shape index (κ2) is 17.7. The van der Waals surface area contributed by atoms with Crippen molar-refractivity contribution in [3.8, 4) is 44.5 Å². The minimum absolute atomic E-state index is 0.320. The molecule has 1 atom stereocenters. The molecule has 2 aliphatic heterocycles. The Hall–Kier alpha value is -9.90. The summed E-state index contributed by atoms with van der Waals surface area (Å²) >= 11 is 0. The van der Waals surface area contributed by atoms with E-state index in [0.29, 0.717) is 5.84 Å². The number of anilines is 3. The molecule has 12 aromatic rings. The maximum atomic E-state index is 5.18. The lowest BCUT2D eigenvalue weighted by atomic mass is 9.63. The number of rotatable bonds is 7. The van der Waals surface area contributed by atoms with E-state index in [-0.39, 0.29) is 6.17 Å². The van der Waals surface area contributed by atoms with Crippen molar-refractivity contribution in [3.63, 3.8) is 0 Å². The Morgan fingerprint density at radius 2 is 0.789 bits per heavy atom. The van der Waals surface area contributed by atoms with Gasteiger partial charge in [-0.15, -0.1) is 0 Å². The number of nitrogens with zero attached hydrogens (tertiary/aromatic N) is 3. The van der Waals surface area contributed by atoms with Crippen LogP contribution in [0.15, 0.2) is 289 Å². The fourth-order valence-electron chi connectivity index (χ4n) is 12.3. The SMILES string of the molecule is c1ccc(C2=NC(c3cccc(-c4cccc(-c5cccc(-c6ccc7c(c6)C6(c8ccccc8-7)c7cc8ccccc8cc7N(c7ccccc7)c7cc8ccccc8cc76)c5)c4)c3)NC(c3ccccc3)=N2)cc1. The highest BCUT2D eigenvalue weighted by Gasteiger charge is 2.52. The summed E-state index contributed by atoms with van der Waals surface area (Å²) in [4.78, 5) is 12.7. The quantitative estimate of drug-likeness (QED) is 0.173. The highest BCUT2D eigenvalue weighted by Crippen LogP contribution is 2.64. The van der Waals surface area contributed by atoms with Gasteiger partial charge in [0.15, 0.2) is 5.84 Å². The van der Waals surface area contributed by atoms with E-state index in [1.165, 1.54) is 77.4 Å². The molecular weight excluding hydrogens is 921 g/mol. The van der Waals surface area contributed by atoms with E-state index in [2.05, 4.69) is 253 Å². The van der Waals surface area contributed by atoms with E-state index in [9.17, 15) is 0 Å². The Bertz CT molecular complexity index is 4240. The van der Waals surface area contributed by atoms with Crippen LogP contribution in [-0.4, -0.2) is 11.7 Å². The first-order valence-electron chi connectivity index (χ1n) is 26.2. The van der Waals surface area contributed by atoms with E-state index < -0.39 is 5.41 Å². The fourth-order valence-corrected chi connectivity index (χ4v) is 12.3. The highest BCUT2D eigenvalue weighted by atomic mass is 15.2. The molecule has 1 N–H and O–H groups in total. The van der Waals surface area contributed by atoms with Crippen LogP contribution < -0.4 is 10.2 Å². The molecule has 4 nitrogen and oxygen atoms in total. The largest absolute Gasteiger partial charge is 0.344 e. The molecule has 356 valence electrons. The zero-order valence-electron chi connectivity index (χ0n) is 41.5. The van der Waals surface area contributed by atoms with Gasteiger partial charge >= 0.3 is 0 Å². The second-order valence-corrected chi connectivity index (χ2v) is 20.1. The molecule has 1 spiro atoms. The summed E-state index contributed by atoms with van der Waals surface area (Å²) in [5, 5.41) is 8.55. The molecule has 1 unspecified atom stereocenters. The molecular formula is C72H48N4. The van der Waals surface area contributed by atoms with Gasteiger partial charge in [0, 0.05) is 16.8 Å². The lowest BCUT2D eigenvalue weighted by Gasteiger charge is -2.45. The summed E-state index contributed by atoms with van der Waals surface area (Å²) in [6.07, 6.45) is -0.320. The van der Waals surface area contributed by atoms with Gasteiger partial charge in [0.2, 0.25) is 0 Å². The highest BCUT2D eigenvalue weighted by molar-refractivity contribution is 6.13. The smallest absolute Gasteiger partial charge is 0.159 e. The molecule has 0 radical (unpaired) electrons. The van der Waals surface area contributed by atoms with Gasteiger partial charge in [-0.05, 0) is 155 Å². The van der Waals surface area contributed by atoms with Crippen LogP contribution in [-0.2, 0) is 5.41 Å². The number of aliphatic imine (C=N–C) groups is 2. The molecule has 1 aliphatic carbocycles. The predicted octanol–water partition coefficient (Wildman–Crippen LogP) is 17.6. The Morgan fingerprint density at radius 3 is 1.39 bits per heavy atom. The molecule has 0 saturated carbocycles. The first kappa shape index (κ1) is 43.7. The summed E-state index contributed by atoms with van der Waals surface area (Å²) in [6, 6.07) is 102. The monoisotopic (exact) mass is 968 g/mol. The van der Waals surface area contributed by atoms with E-state index >= 15 is 0 Å². The van der Waals surface area contributed by atoms with Crippen LogP contribution in [0.4, 0.5) is 17.1 Å². The van der Waals surface area contributed by atoms with Gasteiger partial charge in [0.05, 0.1) is 16.8 Å². The first-order chi connectivity index (χ1) is 37.6. The van der Waals surface area contributed by atoms with Gasteiger partial charge in [0.1, 0.15) is 12.0 Å². The molecule has 0 fully saturated rings. The Balaban J connectivity index is 0.848. The van der Waals surface area contributed by atoms with Crippen LogP contribution >= 0.6 is 0 Å². The van der Waals surface area contributed by atoms with Gasteiger partial charge in [-0.25, -0.2) is 9.98 Å².